The lowest BCUT2D eigenvalue weighted by atomic mass is 9.95. The summed E-state index contributed by atoms with van der Waals surface area (Å²) in [7, 11) is 0. The molecule has 6 nitrogen and oxygen atoms in total. The van der Waals surface area contributed by atoms with Gasteiger partial charge in [0.2, 0.25) is 0 Å². The van der Waals surface area contributed by atoms with Crippen molar-refractivity contribution >= 4 is 29.5 Å². The van der Waals surface area contributed by atoms with Gasteiger partial charge in [0.15, 0.2) is 0 Å². The lowest BCUT2D eigenvalue weighted by molar-refractivity contribution is 0.213. The first-order chi connectivity index (χ1) is 11.7. The van der Waals surface area contributed by atoms with E-state index < -0.39 is 0 Å². The van der Waals surface area contributed by atoms with Crippen molar-refractivity contribution in [3.63, 3.8) is 0 Å². The Bertz CT molecular complexity index is 811. The van der Waals surface area contributed by atoms with Crippen molar-refractivity contribution in [2.75, 3.05) is 25.0 Å². The standard InChI is InChI=1S/C17H16ClN5O/c18-12-2-1-3-13(8-12)20-17(24)23-7-5-15-14(10-23)16(22-21-15)11-4-6-19-9-11/h1-4,6,8,16H,5,7,9-10H2,(H,20,24). The number of rotatable bonds is 2. The highest BCUT2D eigenvalue weighted by Gasteiger charge is 2.33. The molecule has 24 heavy (non-hydrogen) atoms. The van der Waals surface area contributed by atoms with Crippen LogP contribution in [0.25, 0.3) is 0 Å². The van der Waals surface area contributed by atoms with Crippen LogP contribution in [-0.2, 0) is 0 Å². The number of amides is 2. The fourth-order valence-corrected chi connectivity index (χ4v) is 3.30. The number of carbonyl (C=O) groups excluding carboxylic acids is 1. The smallest absolute Gasteiger partial charge is 0.320 e. The van der Waals surface area contributed by atoms with Crippen molar-refractivity contribution in [3.8, 4) is 0 Å². The van der Waals surface area contributed by atoms with E-state index in [-0.39, 0.29) is 12.1 Å². The molecule has 1 N–H and O–H groups in total. The van der Waals surface area contributed by atoms with Gasteiger partial charge in [-0.3, -0.25) is 4.99 Å². The van der Waals surface area contributed by atoms with Crippen molar-refractivity contribution < 1.29 is 4.79 Å². The van der Waals surface area contributed by atoms with Crippen molar-refractivity contribution in [3.05, 3.63) is 52.2 Å². The summed E-state index contributed by atoms with van der Waals surface area (Å²) in [6.07, 6.45) is 4.52. The topological polar surface area (TPSA) is 69.4 Å². The largest absolute Gasteiger partial charge is 0.322 e. The molecule has 0 saturated heterocycles. The number of hydrogen-bond acceptors (Lipinski definition) is 4. The molecular formula is C17H16ClN5O. The third-order valence-corrected chi connectivity index (χ3v) is 4.59. The highest BCUT2D eigenvalue weighted by atomic mass is 35.5. The Morgan fingerprint density at radius 3 is 3.08 bits per heavy atom. The zero-order chi connectivity index (χ0) is 16.5. The van der Waals surface area contributed by atoms with Crippen LogP contribution in [0, 0.1) is 0 Å². The van der Waals surface area contributed by atoms with Crippen LogP contribution < -0.4 is 5.32 Å². The third kappa shape index (κ3) is 2.85. The molecular weight excluding hydrogens is 326 g/mol. The van der Waals surface area contributed by atoms with E-state index in [1.807, 2.05) is 18.2 Å². The summed E-state index contributed by atoms with van der Waals surface area (Å²) in [4.78, 5) is 18.6. The van der Waals surface area contributed by atoms with Crippen LogP contribution in [0.2, 0.25) is 5.02 Å². The van der Waals surface area contributed by atoms with Gasteiger partial charge >= 0.3 is 6.03 Å². The second kappa shape index (κ2) is 6.20. The van der Waals surface area contributed by atoms with Gasteiger partial charge in [0.25, 0.3) is 0 Å². The molecule has 1 aromatic rings. The molecule has 2 amide bonds. The van der Waals surface area contributed by atoms with Gasteiger partial charge in [0, 0.05) is 42.0 Å². The van der Waals surface area contributed by atoms with E-state index in [4.69, 9.17) is 11.6 Å². The molecule has 1 unspecified atom stereocenters. The molecule has 0 bridgehead atoms. The van der Waals surface area contributed by atoms with E-state index in [1.165, 1.54) is 0 Å². The summed E-state index contributed by atoms with van der Waals surface area (Å²) in [5.41, 5.74) is 3.95. The van der Waals surface area contributed by atoms with Gasteiger partial charge in [-0.15, -0.1) is 0 Å². The van der Waals surface area contributed by atoms with Gasteiger partial charge in [0.05, 0.1) is 12.2 Å². The van der Waals surface area contributed by atoms with Gasteiger partial charge < -0.3 is 10.2 Å². The minimum atomic E-state index is -0.133. The minimum absolute atomic E-state index is 0.0655. The maximum atomic E-state index is 12.5. The van der Waals surface area contributed by atoms with E-state index >= 15 is 0 Å². The summed E-state index contributed by atoms with van der Waals surface area (Å²) in [5.74, 6) is 0. The maximum Gasteiger partial charge on any atom is 0.322 e. The Kier molecular flexibility index (Phi) is 3.90. The lowest BCUT2D eigenvalue weighted by Gasteiger charge is -2.29. The number of hydrogen-bond donors (Lipinski definition) is 1. The van der Waals surface area contributed by atoms with E-state index in [0.717, 1.165) is 23.3 Å². The number of nitrogens with one attached hydrogen (secondary N) is 1. The number of benzene rings is 1. The lowest BCUT2D eigenvalue weighted by Crippen LogP contribution is -2.41. The Hall–Kier alpha value is -2.47. The fourth-order valence-electron chi connectivity index (χ4n) is 3.11. The van der Waals surface area contributed by atoms with Crippen LogP contribution in [0.3, 0.4) is 0 Å². The second-order valence-corrected chi connectivity index (χ2v) is 6.37. The number of allylic oxidation sites excluding steroid dienone is 1. The van der Waals surface area contributed by atoms with Gasteiger partial charge in [-0.1, -0.05) is 17.7 Å². The van der Waals surface area contributed by atoms with E-state index in [2.05, 4.69) is 20.5 Å². The first-order valence-corrected chi connectivity index (χ1v) is 8.21. The van der Waals surface area contributed by atoms with Crippen molar-refractivity contribution in [1.29, 1.82) is 0 Å². The van der Waals surface area contributed by atoms with Crippen LogP contribution >= 0.6 is 11.6 Å². The Morgan fingerprint density at radius 1 is 1.38 bits per heavy atom. The predicted molar refractivity (Wildman–Crippen MR) is 93.8 cm³/mol. The molecule has 0 spiro atoms. The third-order valence-electron chi connectivity index (χ3n) is 4.36. The Morgan fingerprint density at radius 2 is 2.29 bits per heavy atom. The minimum Gasteiger partial charge on any atom is -0.320 e. The number of urea groups is 1. The first kappa shape index (κ1) is 15.1. The molecule has 3 aliphatic rings. The molecule has 1 aromatic carbocycles. The second-order valence-electron chi connectivity index (χ2n) is 5.93. The first-order valence-electron chi connectivity index (χ1n) is 7.84. The summed E-state index contributed by atoms with van der Waals surface area (Å²) in [5, 5.41) is 12.2. The quantitative estimate of drug-likeness (QED) is 0.875. The van der Waals surface area contributed by atoms with Gasteiger partial charge in [-0.05, 0) is 29.8 Å². The van der Waals surface area contributed by atoms with Gasteiger partial charge in [-0.25, -0.2) is 4.79 Å². The monoisotopic (exact) mass is 341 g/mol. The molecule has 0 fully saturated rings. The number of carbonyl (C=O) groups is 1. The van der Waals surface area contributed by atoms with Crippen molar-refractivity contribution in [2.45, 2.75) is 12.5 Å². The predicted octanol–water partition coefficient (Wildman–Crippen LogP) is 3.68. The van der Waals surface area contributed by atoms with Gasteiger partial charge in [0.1, 0.15) is 6.04 Å². The van der Waals surface area contributed by atoms with E-state index in [9.17, 15) is 4.79 Å². The molecule has 0 radical (unpaired) electrons. The average Bonchev–Trinajstić information content (AvgIpc) is 3.23. The van der Waals surface area contributed by atoms with Crippen molar-refractivity contribution in [1.82, 2.24) is 4.90 Å². The molecule has 3 aliphatic heterocycles. The molecule has 4 rings (SSSR count). The molecule has 0 aliphatic carbocycles. The highest BCUT2D eigenvalue weighted by Crippen LogP contribution is 2.33. The van der Waals surface area contributed by atoms with Crippen LogP contribution in [0.15, 0.2) is 62.4 Å². The zero-order valence-electron chi connectivity index (χ0n) is 12.9. The molecule has 3 heterocycles. The van der Waals surface area contributed by atoms with Crippen LogP contribution in [0.5, 0.6) is 0 Å². The molecule has 1 atom stereocenters. The number of anilines is 1. The SMILES string of the molecule is O=C(Nc1cccc(Cl)c1)N1CCC2=C(C1)C(C1=CC=NC1)N=N2. The average molecular weight is 342 g/mol. The van der Waals surface area contributed by atoms with Crippen LogP contribution in [0.1, 0.15) is 6.42 Å². The summed E-state index contributed by atoms with van der Waals surface area (Å²) in [6, 6.07) is 6.94. The molecule has 122 valence electrons. The zero-order valence-corrected chi connectivity index (χ0v) is 13.7. The van der Waals surface area contributed by atoms with E-state index in [0.29, 0.717) is 30.3 Å². The Balaban J connectivity index is 1.46. The summed E-state index contributed by atoms with van der Waals surface area (Å²) < 4.78 is 0. The van der Waals surface area contributed by atoms with Crippen LogP contribution in [-0.4, -0.2) is 42.8 Å². The Labute approximate surface area is 144 Å². The summed E-state index contributed by atoms with van der Waals surface area (Å²) in [6.45, 7) is 1.83. The number of halogens is 1. The molecule has 0 aromatic heterocycles. The number of nitrogens with zero attached hydrogens (tertiary/aromatic N) is 4. The fraction of sp³-hybridized carbons (Fsp3) is 0.294. The normalized spacial score (nSPS) is 22.0. The summed E-state index contributed by atoms with van der Waals surface area (Å²) >= 11 is 5.96. The van der Waals surface area contributed by atoms with Gasteiger partial charge in [-0.2, -0.15) is 10.2 Å². The van der Waals surface area contributed by atoms with Crippen LogP contribution in [0.4, 0.5) is 10.5 Å². The number of aliphatic imine (C=N–C) groups is 1. The highest BCUT2D eigenvalue weighted by molar-refractivity contribution is 6.30. The molecule has 7 heteroatoms. The number of azo groups is 1. The van der Waals surface area contributed by atoms with E-state index in [1.54, 1.807) is 23.2 Å². The maximum absolute atomic E-state index is 12.5. The van der Waals surface area contributed by atoms with Crippen molar-refractivity contribution in [2.24, 2.45) is 15.2 Å². The molecule has 0 saturated carbocycles.